The van der Waals surface area contributed by atoms with E-state index in [-0.39, 0.29) is 17.7 Å². The number of fused-ring (bicyclic) bond motifs is 1. The molecule has 8 nitrogen and oxygen atoms in total. The summed E-state index contributed by atoms with van der Waals surface area (Å²) >= 11 is 0. The standard InChI is InChI=1S/C30H37NO7/c1-15-10-9-13-20-23(33)17(3)16(2)22-21(14-19-11-7-6-8-12-19)31-28(35)30(20,22)27(37-18(4)32)24-26(38-24)29(5,36)25(15)34/h6-9,11-13,15,20-24,26-27,33,36H,10,14H2,1-5H3,(H,31,35)/t15-,20-,21-,22?,23+,24+,26+,27+,29-,30-/m0/s1. The summed E-state index contributed by atoms with van der Waals surface area (Å²) in [5.74, 6) is -2.99. The van der Waals surface area contributed by atoms with E-state index in [0.29, 0.717) is 12.8 Å². The van der Waals surface area contributed by atoms with E-state index in [2.05, 4.69) is 5.32 Å². The average Bonchev–Trinajstić information content (AvgIpc) is 3.62. The van der Waals surface area contributed by atoms with Gasteiger partial charge in [0.25, 0.3) is 0 Å². The van der Waals surface area contributed by atoms with Crippen molar-refractivity contribution in [1.82, 2.24) is 5.32 Å². The van der Waals surface area contributed by atoms with Crippen molar-refractivity contribution < 1.29 is 34.1 Å². The molecule has 1 amide bonds. The summed E-state index contributed by atoms with van der Waals surface area (Å²) in [6, 6.07) is 9.51. The van der Waals surface area contributed by atoms with Crippen LogP contribution in [0.5, 0.6) is 0 Å². The fourth-order valence-corrected chi connectivity index (χ4v) is 7.27. The third-order valence-electron chi connectivity index (χ3n) is 9.27. The monoisotopic (exact) mass is 523 g/mol. The smallest absolute Gasteiger partial charge is 0.303 e. The molecule has 0 radical (unpaired) electrons. The van der Waals surface area contributed by atoms with E-state index in [4.69, 9.17) is 9.47 Å². The Balaban J connectivity index is 1.72. The van der Waals surface area contributed by atoms with Crippen molar-refractivity contribution in [2.75, 3.05) is 0 Å². The molecule has 5 rings (SSSR count). The number of allylic oxidation sites excluding steroid dienone is 1. The van der Waals surface area contributed by atoms with Gasteiger partial charge in [0.05, 0.1) is 6.10 Å². The molecule has 1 spiro atoms. The highest BCUT2D eigenvalue weighted by Crippen LogP contribution is 2.60. The second-order valence-electron chi connectivity index (χ2n) is 11.6. The molecule has 2 fully saturated rings. The Labute approximate surface area is 223 Å². The molecule has 10 atom stereocenters. The first kappa shape index (κ1) is 26.8. The van der Waals surface area contributed by atoms with Gasteiger partial charge in [-0.2, -0.15) is 0 Å². The summed E-state index contributed by atoms with van der Waals surface area (Å²) in [5.41, 5.74) is -0.550. The first-order chi connectivity index (χ1) is 17.9. The van der Waals surface area contributed by atoms with Crippen molar-refractivity contribution in [2.24, 2.45) is 23.2 Å². The zero-order valence-corrected chi connectivity index (χ0v) is 22.5. The topological polar surface area (TPSA) is 125 Å². The lowest BCUT2D eigenvalue weighted by Gasteiger charge is -2.50. The number of rotatable bonds is 3. The van der Waals surface area contributed by atoms with E-state index in [1.165, 1.54) is 13.8 Å². The Morgan fingerprint density at radius 3 is 2.53 bits per heavy atom. The highest BCUT2D eigenvalue weighted by molar-refractivity contribution is 5.91. The van der Waals surface area contributed by atoms with Crippen molar-refractivity contribution >= 4 is 17.7 Å². The molecule has 3 N–H and O–H groups in total. The first-order valence-corrected chi connectivity index (χ1v) is 13.4. The van der Waals surface area contributed by atoms with Crippen molar-refractivity contribution in [3.05, 3.63) is 59.2 Å². The van der Waals surface area contributed by atoms with Crippen molar-refractivity contribution in [3.8, 4) is 0 Å². The number of esters is 1. The van der Waals surface area contributed by atoms with Gasteiger partial charge in [-0.3, -0.25) is 14.4 Å². The fraction of sp³-hybridized carbons (Fsp3) is 0.567. The minimum atomic E-state index is -1.82. The SMILES string of the molecule is CC(=O)O[C@@H]1[C@@H]2O[C@H]2[C@@](C)(O)C(=O)[C@@H](C)CC=C[C@H]2[C@H](O)C(C)=C(C)C3[C@H](Cc4ccccc4)NC(=O)[C@@]312. The van der Waals surface area contributed by atoms with Gasteiger partial charge in [-0.1, -0.05) is 55.0 Å². The van der Waals surface area contributed by atoms with Gasteiger partial charge in [0.1, 0.15) is 29.3 Å². The molecule has 8 heteroatoms. The maximum atomic E-state index is 14.3. The number of ether oxygens (including phenoxy) is 2. The number of hydrogen-bond donors (Lipinski definition) is 3. The lowest BCUT2D eigenvalue weighted by Crippen LogP contribution is -2.60. The van der Waals surface area contributed by atoms with E-state index in [1.807, 2.05) is 44.2 Å². The van der Waals surface area contributed by atoms with Crippen LogP contribution in [0.1, 0.15) is 46.6 Å². The molecule has 2 aliphatic carbocycles. The zero-order valence-electron chi connectivity index (χ0n) is 22.5. The minimum absolute atomic E-state index is 0.325. The van der Waals surface area contributed by atoms with E-state index >= 15 is 0 Å². The van der Waals surface area contributed by atoms with E-state index in [0.717, 1.165) is 16.7 Å². The van der Waals surface area contributed by atoms with Gasteiger partial charge in [-0.15, -0.1) is 0 Å². The molecule has 2 heterocycles. The van der Waals surface area contributed by atoms with Crippen LogP contribution in [0.25, 0.3) is 0 Å². The molecular weight excluding hydrogens is 486 g/mol. The summed E-state index contributed by atoms with van der Waals surface area (Å²) in [7, 11) is 0. The lowest BCUT2D eigenvalue weighted by atomic mass is 9.53. The number of carbonyl (C=O) groups is 3. The predicted molar refractivity (Wildman–Crippen MR) is 139 cm³/mol. The quantitative estimate of drug-likeness (QED) is 0.315. The van der Waals surface area contributed by atoms with Gasteiger partial charge < -0.3 is 25.0 Å². The largest absolute Gasteiger partial charge is 0.458 e. The third kappa shape index (κ3) is 3.96. The normalized spacial score (nSPS) is 42.4. The van der Waals surface area contributed by atoms with E-state index in [1.54, 1.807) is 19.1 Å². The number of hydrogen-bond acceptors (Lipinski definition) is 7. The number of amides is 1. The minimum Gasteiger partial charge on any atom is -0.458 e. The Morgan fingerprint density at radius 2 is 1.87 bits per heavy atom. The van der Waals surface area contributed by atoms with Crippen LogP contribution in [0, 0.1) is 23.2 Å². The molecule has 2 aliphatic heterocycles. The maximum absolute atomic E-state index is 14.3. The Bertz CT molecular complexity index is 1200. The van der Waals surface area contributed by atoms with Crippen LogP contribution in [0.2, 0.25) is 0 Å². The Hall–Kier alpha value is -2.81. The first-order valence-electron chi connectivity index (χ1n) is 13.4. The lowest BCUT2D eigenvalue weighted by molar-refractivity contribution is -0.169. The van der Waals surface area contributed by atoms with Gasteiger partial charge in [0.2, 0.25) is 5.91 Å². The maximum Gasteiger partial charge on any atom is 0.303 e. The molecule has 0 bridgehead atoms. The number of aliphatic hydroxyl groups is 2. The molecule has 2 saturated heterocycles. The summed E-state index contributed by atoms with van der Waals surface area (Å²) in [4.78, 5) is 40.0. The molecule has 204 valence electrons. The number of nitrogens with one attached hydrogen (secondary N) is 1. The van der Waals surface area contributed by atoms with Gasteiger partial charge in [-0.25, -0.2) is 0 Å². The fourth-order valence-electron chi connectivity index (χ4n) is 7.27. The van der Waals surface area contributed by atoms with Gasteiger partial charge in [0, 0.05) is 30.7 Å². The molecule has 0 aromatic heterocycles. The number of Topliss-reactive ketones (excluding diaryl/α,β-unsaturated/α-hetero) is 1. The molecular formula is C30H37NO7. The van der Waals surface area contributed by atoms with Crippen LogP contribution < -0.4 is 5.32 Å². The second kappa shape index (κ2) is 9.43. The number of ketones is 1. The Kier molecular flexibility index (Phi) is 6.65. The van der Waals surface area contributed by atoms with Crippen LogP contribution in [-0.4, -0.2) is 63.9 Å². The summed E-state index contributed by atoms with van der Waals surface area (Å²) in [6.45, 7) is 8.23. The van der Waals surface area contributed by atoms with Crippen LogP contribution in [-0.2, 0) is 30.3 Å². The van der Waals surface area contributed by atoms with Gasteiger partial charge >= 0.3 is 5.97 Å². The third-order valence-corrected chi connectivity index (χ3v) is 9.27. The summed E-state index contributed by atoms with van der Waals surface area (Å²) in [5, 5.41) is 26.1. The number of benzene rings is 1. The van der Waals surface area contributed by atoms with Crippen molar-refractivity contribution in [3.63, 3.8) is 0 Å². The van der Waals surface area contributed by atoms with Crippen molar-refractivity contribution in [1.29, 1.82) is 0 Å². The molecule has 0 saturated carbocycles. The molecule has 1 unspecified atom stereocenters. The predicted octanol–water partition coefficient (Wildman–Crippen LogP) is 2.27. The van der Waals surface area contributed by atoms with Crippen LogP contribution in [0.3, 0.4) is 0 Å². The van der Waals surface area contributed by atoms with Gasteiger partial charge in [0.15, 0.2) is 5.78 Å². The summed E-state index contributed by atoms with van der Waals surface area (Å²) < 4.78 is 11.9. The van der Waals surface area contributed by atoms with Crippen molar-refractivity contribution in [2.45, 2.75) is 83.5 Å². The highest BCUT2D eigenvalue weighted by Gasteiger charge is 2.73. The highest BCUT2D eigenvalue weighted by atomic mass is 16.6. The van der Waals surface area contributed by atoms with Crippen LogP contribution >= 0.6 is 0 Å². The van der Waals surface area contributed by atoms with Gasteiger partial charge in [-0.05, 0) is 44.7 Å². The summed E-state index contributed by atoms with van der Waals surface area (Å²) in [6.07, 6.45) is 0.510. The van der Waals surface area contributed by atoms with Crippen LogP contribution in [0.15, 0.2) is 53.6 Å². The molecule has 38 heavy (non-hydrogen) atoms. The molecule has 1 aromatic rings. The zero-order chi connectivity index (χ0) is 27.6. The van der Waals surface area contributed by atoms with E-state index in [9.17, 15) is 24.6 Å². The van der Waals surface area contributed by atoms with E-state index < -0.39 is 59.2 Å². The molecule has 1 aromatic carbocycles. The van der Waals surface area contributed by atoms with Crippen LogP contribution in [0.4, 0.5) is 0 Å². The number of aliphatic hydroxyl groups excluding tert-OH is 1. The average molecular weight is 524 g/mol. The number of epoxide rings is 1. The Morgan fingerprint density at radius 1 is 1.18 bits per heavy atom. The second-order valence-corrected chi connectivity index (χ2v) is 11.6. The number of carbonyl (C=O) groups excluding carboxylic acids is 3. The molecule has 4 aliphatic rings.